The van der Waals surface area contributed by atoms with Crippen LogP contribution in [0.2, 0.25) is 0 Å². The van der Waals surface area contributed by atoms with Crippen LogP contribution in [0.4, 0.5) is 5.69 Å². The molecule has 1 aromatic heterocycles. The molecule has 1 saturated heterocycles. The van der Waals surface area contributed by atoms with Crippen molar-refractivity contribution in [1.29, 1.82) is 0 Å². The summed E-state index contributed by atoms with van der Waals surface area (Å²) in [6, 6.07) is 7.24. The number of carbonyl (C=O) groups is 1. The van der Waals surface area contributed by atoms with Crippen molar-refractivity contribution in [2.45, 2.75) is 25.7 Å². The molecular weight excluding hydrogens is 344 g/mol. The third-order valence-electron chi connectivity index (χ3n) is 4.58. The second-order valence-corrected chi connectivity index (χ2v) is 6.69. The maximum Gasteiger partial charge on any atom is 0.241 e. The highest BCUT2D eigenvalue weighted by Crippen LogP contribution is 2.32. The molecule has 0 bridgehead atoms. The molecule has 1 unspecified atom stereocenters. The second-order valence-electron chi connectivity index (χ2n) is 6.69. The minimum Gasteiger partial charge on any atom is -0.437 e. The van der Waals surface area contributed by atoms with Gasteiger partial charge < -0.3 is 19.7 Å². The summed E-state index contributed by atoms with van der Waals surface area (Å²) in [5.41, 5.74) is 1.63. The SMILES string of the molecule is COCCN1CCCC(c2nccnc2Oc2ccc(NC(C)=O)cc2)C1. The van der Waals surface area contributed by atoms with Crippen LogP contribution in [-0.4, -0.2) is 54.1 Å². The van der Waals surface area contributed by atoms with Crippen LogP contribution in [0.3, 0.4) is 0 Å². The number of hydrogen-bond acceptors (Lipinski definition) is 6. The van der Waals surface area contributed by atoms with Crippen molar-refractivity contribution in [2.75, 3.05) is 38.7 Å². The van der Waals surface area contributed by atoms with E-state index in [0.717, 1.165) is 50.5 Å². The van der Waals surface area contributed by atoms with E-state index in [1.165, 1.54) is 6.92 Å². The molecule has 144 valence electrons. The number of anilines is 1. The zero-order chi connectivity index (χ0) is 19.1. The summed E-state index contributed by atoms with van der Waals surface area (Å²) in [6.45, 7) is 5.16. The summed E-state index contributed by atoms with van der Waals surface area (Å²) in [5, 5.41) is 2.74. The lowest BCUT2D eigenvalue weighted by Gasteiger charge is -2.32. The van der Waals surface area contributed by atoms with Gasteiger partial charge in [-0.2, -0.15) is 0 Å². The average Bonchev–Trinajstić information content (AvgIpc) is 2.68. The first-order chi connectivity index (χ1) is 13.2. The summed E-state index contributed by atoms with van der Waals surface area (Å²) in [5.74, 6) is 1.40. The van der Waals surface area contributed by atoms with Crippen LogP contribution in [0.15, 0.2) is 36.7 Å². The topological polar surface area (TPSA) is 76.6 Å². The molecule has 7 nitrogen and oxygen atoms in total. The molecule has 1 atom stereocenters. The predicted molar refractivity (Wildman–Crippen MR) is 103 cm³/mol. The Bertz CT molecular complexity index is 751. The molecule has 0 spiro atoms. The van der Waals surface area contributed by atoms with Gasteiger partial charge in [0.2, 0.25) is 11.8 Å². The third-order valence-corrected chi connectivity index (χ3v) is 4.58. The Balaban J connectivity index is 1.71. The number of nitrogens with one attached hydrogen (secondary N) is 1. The van der Waals surface area contributed by atoms with E-state index in [1.807, 2.05) is 12.1 Å². The van der Waals surface area contributed by atoms with Gasteiger partial charge in [-0.1, -0.05) is 0 Å². The molecule has 0 saturated carbocycles. The summed E-state index contributed by atoms with van der Waals surface area (Å²) >= 11 is 0. The normalized spacial score (nSPS) is 17.5. The molecule has 1 aromatic carbocycles. The number of aromatic nitrogens is 2. The molecular formula is C20H26N4O3. The number of rotatable bonds is 7. The van der Waals surface area contributed by atoms with Crippen molar-refractivity contribution in [2.24, 2.45) is 0 Å². The van der Waals surface area contributed by atoms with Gasteiger partial charge in [0.05, 0.1) is 6.61 Å². The molecule has 2 heterocycles. The number of likely N-dealkylation sites (tertiary alicyclic amines) is 1. The van der Waals surface area contributed by atoms with E-state index in [4.69, 9.17) is 9.47 Å². The Morgan fingerprint density at radius 1 is 1.26 bits per heavy atom. The second kappa shape index (κ2) is 9.43. The maximum atomic E-state index is 11.1. The van der Waals surface area contributed by atoms with Crippen LogP contribution in [0.25, 0.3) is 0 Å². The number of ether oxygens (including phenoxy) is 2. The van der Waals surface area contributed by atoms with E-state index in [0.29, 0.717) is 11.6 Å². The minimum absolute atomic E-state index is 0.102. The van der Waals surface area contributed by atoms with Crippen molar-refractivity contribution in [1.82, 2.24) is 14.9 Å². The standard InChI is InChI=1S/C20H26N4O3/c1-15(25)23-17-5-7-18(8-6-17)27-20-19(21-9-10-22-20)16-4-3-11-24(14-16)12-13-26-2/h5-10,16H,3-4,11-14H2,1-2H3,(H,23,25). The van der Waals surface area contributed by atoms with Gasteiger partial charge in [-0.25, -0.2) is 4.98 Å². The summed E-state index contributed by atoms with van der Waals surface area (Å²) < 4.78 is 11.2. The van der Waals surface area contributed by atoms with Crippen LogP contribution in [0, 0.1) is 0 Å². The van der Waals surface area contributed by atoms with Gasteiger partial charge in [-0.05, 0) is 43.7 Å². The highest BCUT2D eigenvalue weighted by atomic mass is 16.5. The smallest absolute Gasteiger partial charge is 0.241 e. The van der Waals surface area contributed by atoms with Crippen molar-refractivity contribution >= 4 is 11.6 Å². The zero-order valence-electron chi connectivity index (χ0n) is 15.9. The van der Waals surface area contributed by atoms with Gasteiger partial charge in [-0.3, -0.25) is 9.78 Å². The summed E-state index contributed by atoms with van der Waals surface area (Å²) in [4.78, 5) is 22.5. The molecule has 1 aliphatic heterocycles. The molecule has 7 heteroatoms. The molecule has 2 aromatic rings. The van der Waals surface area contributed by atoms with E-state index >= 15 is 0 Å². The molecule has 0 aliphatic carbocycles. The minimum atomic E-state index is -0.102. The zero-order valence-corrected chi connectivity index (χ0v) is 15.9. The van der Waals surface area contributed by atoms with E-state index < -0.39 is 0 Å². The van der Waals surface area contributed by atoms with Crippen LogP contribution in [0.5, 0.6) is 11.6 Å². The van der Waals surface area contributed by atoms with Crippen molar-refractivity contribution in [3.8, 4) is 11.6 Å². The molecule has 27 heavy (non-hydrogen) atoms. The Labute approximate surface area is 159 Å². The highest BCUT2D eigenvalue weighted by Gasteiger charge is 2.25. The van der Waals surface area contributed by atoms with E-state index in [-0.39, 0.29) is 11.8 Å². The number of benzene rings is 1. The fraction of sp³-hybridized carbons (Fsp3) is 0.450. The lowest BCUT2D eigenvalue weighted by atomic mass is 9.94. The summed E-state index contributed by atoms with van der Waals surface area (Å²) in [6.07, 6.45) is 5.56. The van der Waals surface area contributed by atoms with Gasteiger partial charge in [0.25, 0.3) is 0 Å². The van der Waals surface area contributed by atoms with Crippen molar-refractivity contribution in [3.05, 3.63) is 42.4 Å². The van der Waals surface area contributed by atoms with Gasteiger partial charge in [0.1, 0.15) is 11.4 Å². The molecule has 3 rings (SSSR count). The third kappa shape index (κ3) is 5.48. The first kappa shape index (κ1) is 19.3. The molecule has 1 aliphatic rings. The Morgan fingerprint density at radius 3 is 2.78 bits per heavy atom. The lowest BCUT2D eigenvalue weighted by molar-refractivity contribution is -0.114. The van der Waals surface area contributed by atoms with E-state index in [2.05, 4.69) is 20.2 Å². The van der Waals surface area contributed by atoms with Crippen molar-refractivity contribution in [3.63, 3.8) is 0 Å². The van der Waals surface area contributed by atoms with Crippen LogP contribution >= 0.6 is 0 Å². The van der Waals surface area contributed by atoms with Gasteiger partial charge in [0, 0.05) is 51.1 Å². The fourth-order valence-electron chi connectivity index (χ4n) is 3.32. The number of hydrogen-bond donors (Lipinski definition) is 1. The Hall–Kier alpha value is -2.51. The Morgan fingerprint density at radius 2 is 2.04 bits per heavy atom. The van der Waals surface area contributed by atoms with Crippen LogP contribution in [0.1, 0.15) is 31.4 Å². The largest absolute Gasteiger partial charge is 0.437 e. The van der Waals surface area contributed by atoms with Crippen LogP contribution < -0.4 is 10.1 Å². The maximum absolute atomic E-state index is 11.1. The number of amides is 1. The highest BCUT2D eigenvalue weighted by molar-refractivity contribution is 5.88. The number of piperidine rings is 1. The fourth-order valence-corrected chi connectivity index (χ4v) is 3.32. The summed E-state index contributed by atoms with van der Waals surface area (Å²) in [7, 11) is 1.73. The first-order valence-electron chi connectivity index (χ1n) is 9.23. The molecule has 1 N–H and O–H groups in total. The Kier molecular flexibility index (Phi) is 6.73. The molecule has 0 radical (unpaired) electrons. The first-order valence-corrected chi connectivity index (χ1v) is 9.23. The average molecular weight is 370 g/mol. The number of methoxy groups -OCH3 is 1. The predicted octanol–water partition coefficient (Wildman–Crippen LogP) is 3.05. The molecule has 1 fully saturated rings. The van der Waals surface area contributed by atoms with Gasteiger partial charge in [-0.15, -0.1) is 0 Å². The monoisotopic (exact) mass is 370 g/mol. The van der Waals surface area contributed by atoms with E-state index in [1.54, 1.807) is 31.6 Å². The van der Waals surface area contributed by atoms with Crippen molar-refractivity contribution < 1.29 is 14.3 Å². The van der Waals surface area contributed by atoms with E-state index in [9.17, 15) is 4.79 Å². The number of nitrogens with zero attached hydrogens (tertiary/aromatic N) is 3. The molecule has 1 amide bonds. The quantitative estimate of drug-likeness (QED) is 0.807. The van der Waals surface area contributed by atoms with Gasteiger partial charge >= 0.3 is 0 Å². The van der Waals surface area contributed by atoms with Crippen LogP contribution in [-0.2, 0) is 9.53 Å². The van der Waals surface area contributed by atoms with Gasteiger partial charge in [0.15, 0.2) is 0 Å². The lowest BCUT2D eigenvalue weighted by Crippen LogP contribution is -2.36. The number of carbonyl (C=O) groups excluding carboxylic acids is 1.